The molecule has 1 atom stereocenters. The fourth-order valence-electron chi connectivity index (χ4n) is 5.92. The SMILES string of the molecule is CCCNC(c1sccc1Br)C12CC3CC(CC(C3)C1)C2. The summed E-state index contributed by atoms with van der Waals surface area (Å²) in [6, 6.07) is 2.82. The lowest BCUT2D eigenvalue weighted by Gasteiger charge is -2.59. The first-order valence-corrected chi connectivity index (χ1v) is 10.3. The third-order valence-corrected chi connectivity index (χ3v) is 8.14. The van der Waals surface area contributed by atoms with Crippen LogP contribution >= 0.6 is 27.3 Å². The Bertz CT molecular complexity index is 474. The van der Waals surface area contributed by atoms with Gasteiger partial charge in [-0.3, -0.25) is 0 Å². The zero-order valence-corrected chi connectivity index (χ0v) is 15.3. The second-order valence-electron chi connectivity index (χ2n) is 7.80. The van der Waals surface area contributed by atoms with Gasteiger partial charge in [0.15, 0.2) is 0 Å². The minimum Gasteiger partial charge on any atom is -0.309 e. The predicted molar refractivity (Wildman–Crippen MR) is 93.7 cm³/mol. The highest BCUT2D eigenvalue weighted by molar-refractivity contribution is 9.10. The molecule has 1 nitrogen and oxygen atoms in total. The Balaban J connectivity index is 1.68. The smallest absolute Gasteiger partial charge is 0.0483 e. The highest BCUT2D eigenvalue weighted by Crippen LogP contribution is 2.64. The summed E-state index contributed by atoms with van der Waals surface area (Å²) in [4.78, 5) is 1.56. The average Bonchev–Trinajstić information content (AvgIpc) is 2.84. The van der Waals surface area contributed by atoms with Gasteiger partial charge in [-0.05, 0) is 102 Å². The van der Waals surface area contributed by atoms with Gasteiger partial charge in [-0.2, -0.15) is 0 Å². The third kappa shape index (κ3) is 2.53. The van der Waals surface area contributed by atoms with Crippen LogP contribution in [0.2, 0.25) is 0 Å². The van der Waals surface area contributed by atoms with Crippen molar-refractivity contribution >= 4 is 27.3 Å². The molecule has 0 radical (unpaired) electrons. The molecule has 3 heteroatoms. The minimum atomic E-state index is 0.553. The Labute approximate surface area is 141 Å². The molecule has 0 spiro atoms. The molecule has 4 aliphatic rings. The Kier molecular flexibility index (Phi) is 3.96. The second-order valence-corrected chi connectivity index (χ2v) is 9.60. The van der Waals surface area contributed by atoms with Crippen molar-refractivity contribution in [3.05, 3.63) is 20.8 Å². The van der Waals surface area contributed by atoms with E-state index in [1.54, 1.807) is 4.88 Å². The lowest BCUT2D eigenvalue weighted by Crippen LogP contribution is -2.52. The van der Waals surface area contributed by atoms with Crippen molar-refractivity contribution in [3.8, 4) is 0 Å². The Morgan fingerprint density at radius 1 is 1.24 bits per heavy atom. The van der Waals surface area contributed by atoms with Gasteiger partial charge in [-0.25, -0.2) is 0 Å². The standard InChI is InChI=1S/C18H26BrNS/c1-2-4-20-17(16-15(19)3-5-21-16)18-9-12-6-13(10-18)8-14(7-12)11-18/h3,5,12-14,17,20H,2,4,6-11H2,1H3. The fraction of sp³-hybridized carbons (Fsp3) is 0.778. The first kappa shape index (κ1) is 14.7. The number of hydrogen-bond acceptors (Lipinski definition) is 2. The lowest BCUT2D eigenvalue weighted by atomic mass is 9.47. The van der Waals surface area contributed by atoms with Crippen molar-refractivity contribution in [2.45, 2.75) is 57.9 Å². The summed E-state index contributed by atoms with van der Waals surface area (Å²) in [6.45, 7) is 3.43. The fourth-order valence-corrected chi connectivity index (χ4v) is 7.74. The van der Waals surface area contributed by atoms with Crippen molar-refractivity contribution in [3.63, 3.8) is 0 Å². The Morgan fingerprint density at radius 2 is 1.86 bits per heavy atom. The van der Waals surface area contributed by atoms with Gasteiger partial charge in [0.2, 0.25) is 0 Å². The van der Waals surface area contributed by atoms with Crippen LogP contribution in [0.25, 0.3) is 0 Å². The summed E-state index contributed by atoms with van der Waals surface area (Å²) in [7, 11) is 0. The largest absolute Gasteiger partial charge is 0.309 e. The lowest BCUT2D eigenvalue weighted by molar-refractivity contribution is -0.0742. The van der Waals surface area contributed by atoms with E-state index in [2.05, 4.69) is 39.6 Å². The quantitative estimate of drug-likeness (QED) is 0.696. The highest BCUT2D eigenvalue weighted by Gasteiger charge is 2.54. The van der Waals surface area contributed by atoms with E-state index >= 15 is 0 Å². The van der Waals surface area contributed by atoms with E-state index in [1.807, 2.05) is 11.3 Å². The van der Waals surface area contributed by atoms with Crippen molar-refractivity contribution in [1.82, 2.24) is 5.32 Å². The topological polar surface area (TPSA) is 12.0 Å². The van der Waals surface area contributed by atoms with Crippen molar-refractivity contribution in [2.24, 2.45) is 23.2 Å². The molecule has 1 N–H and O–H groups in total. The second kappa shape index (κ2) is 5.65. The van der Waals surface area contributed by atoms with Gasteiger partial charge < -0.3 is 5.32 Å². The first-order chi connectivity index (χ1) is 10.2. The molecular weight excluding hydrogens is 342 g/mol. The van der Waals surface area contributed by atoms with Crippen LogP contribution in [-0.4, -0.2) is 6.54 Å². The van der Waals surface area contributed by atoms with Crippen LogP contribution in [0, 0.1) is 23.2 Å². The number of rotatable bonds is 5. The maximum absolute atomic E-state index is 3.95. The molecule has 1 aromatic rings. The number of halogens is 1. The first-order valence-electron chi connectivity index (χ1n) is 8.66. The molecular formula is C18H26BrNS. The molecule has 4 bridgehead atoms. The van der Waals surface area contributed by atoms with Crippen LogP contribution in [0.3, 0.4) is 0 Å². The Morgan fingerprint density at radius 3 is 2.33 bits per heavy atom. The molecule has 1 aromatic heterocycles. The normalized spacial score (nSPS) is 38.9. The van der Waals surface area contributed by atoms with Gasteiger partial charge in [-0.1, -0.05) is 6.92 Å². The maximum Gasteiger partial charge on any atom is 0.0483 e. The molecule has 4 saturated carbocycles. The number of nitrogens with one attached hydrogen (secondary N) is 1. The van der Waals surface area contributed by atoms with Crippen molar-refractivity contribution < 1.29 is 0 Å². The third-order valence-electron chi connectivity index (χ3n) is 6.20. The molecule has 5 rings (SSSR count). The van der Waals surface area contributed by atoms with Gasteiger partial charge in [0.1, 0.15) is 0 Å². The summed E-state index contributed by atoms with van der Waals surface area (Å²) in [6.07, 6.45) is 10.3. The molecule has 1 heterocycles. The van der Waals surface area contributed by atoms with Crippen LogP contribution in [0.5, 0.6) is 0 Å². The van der Waals surface area contributed by atoms with Crippen LogP contribution < -0.4 is 5.32 Å². The summed E-state index contributed by atoms with van der Waals surface area (Å²) < 4.78 is 1.33. The van der Waals surface area contributed by atoms with Gasteiger partial charge >= 0.3 is 0 Å². The maximum atomic E-state index is 3.95. The van der Waals surface area contributed by atoms with Crippen LogP contribution in [-0.2, 0) is 0 Å². The zero-order chi connectivity index (χ0) is 14.4. The molecule has 116 valence electrons. The van der Waals surface area contributed by atoms with E-state index in [-0.39, 0.29) is 0 Å². The Hall–Kier alpha value is 0.140. The van der Waals surface area contributed by atoms with E-state index in [9.17, 15) is 0 Å². The molecule has 0 aromatic carbocycles. The van der Waals surface area contributed by atoms with E-state index < -0.39 is 0 Å². The molecule has 0 amide bonds. The van der Waals surface area contributed by atoms with E-state index in [1.165, 1.54) is 49.4 Å². The van der Waals surface area contributed by atoms with Crippen LogP contribution in [0.15, 0.2) is 15.9 Å². The predicted octanol–water partition coefficient (Wildman–Crippen LogP) is 5.77. The monoisotopic (exact) mass is 367 g/mol. The van der Waals surface area contributed by atoms with Gasteiger partial charge in [-0.15, -0.1) is 11.3 Å². The molecule has 21 heavy (non-hydrogen) atoms. The van der Waals surface area contributed by atoms with Gasteiger partial charge in [0, 0.05) is 15.4 Å². The van der Waals surface area contributed by atoms with E-state index in [0.717, 1.165) is 24.3 Å². The number of thiophene rings is 1. The highest BCUT2D eigenvalue weighted by atomic mass is 79.9. The molecule has 4 fully saturated rings. The minimum absolute atomic E-state index is 0.553. The van der Waals surface area contributed by atoms with Gasteiger partial charge in [0.05, 0.1) is 0 Å². The van der Waals surface area contributed by atoms with Crippen LogP contribution in [0.4, 0.5) is 0 Å². The molecule has 4 aliphatic carbocycles. The van der Waals surface area contributed by atoms with Gasteiger partial charge in [0.25, 0.3) is 0 Å². The number of hydrogen-bond donors (Lipinski definition) is 1. The van der Waals surface area contributed by atoms with Crippen LogP contribution in [0.1, 0.15) is 62.8 Å². The summed E-state index contributed by atoms with van der Waals surface area (Å²) in [5.41, 5.74) is 0.553. The summed E-state index contributed by atoms with van der Waals surface area (Å²) >= 11 is 5.76. The molecule has 0 saturated heterocycles. The summed E-state index contributed by atoms with van der Waals surface area (Å²) in [5.74, 6) is 3.09. The van der Waals surface area contributed by atoms with E-state index in [0.29, 0.717) is 11.5 Å². The average molecular weight is 368 g/mol. The van der Waals surface area contributed by atoms with Crippen molar-refractivity contribution in [2.75, 3.05) is 6.54 Å². The van der Waals surface area contributed by atoms with E-state index in [4.69, 9.17) is 0 Å². The summed E-state index contributed by atoms with van der Waals surface area (Å²) in [5, 5.41) is 6.20. The van der Waals surface area contributed by atoms with Crippen molar-refractivity contribution in [1.29, 1.82) is 0 Å². The zero-order valence-electron chi connectivity index (χ0n) is 12.9. The molecule has 1 unspecified atom stereocenters. The molecule has 0 aliphatic heterocycles.